The van der Waals surface area contributed by atoms with Gasteiger partial charge in [-0.25, -0.2) is 4.98 Å². The number of anilines is 1. The normalized spacial score (nSPS) is 14.9. The smallest absolute Gasteiger partial charge is 0.143 e. The molecular formula is C10H10BrN3. The average Bonchev–Trinajstić information content (AvgIpc) is 2.99. The summed E-state index contributed by atoms with van der Waals surface area (Å²) in [6, 6.07) is 3.91. The number of aromatic nitrogens is 1. The number of nitrogens with one attached hydrogen (secondary N) is 1. The molecule has 0 aliphatic heterocycles. The van der Waals surface area contributed by atoms with Crippen molar-refractivity contribution >= 4 is 21.7 Å². The molecule has 1 aliphatic rings. The first-order valence-electron chi connectivity index (χ1n) is 4.59. The van der Waals surface area contributed by atoms with Crippen LogP contribution in [-0.2, 0) is 0 Å². The van der Waals surface area contributed by atoms with E-state index in [2.05, 4.69) is 32.3 Å². The third-order valence-electron chi connectivity index (χ3n) is 2.23. The Labute approximate surface area is 91.3 Å². The lowest BCUT2D eigenvalue weighted by Gasteiger charge is -2.05. The second-order valence-corrected chi connectivity index (χ2v) is 4.40. The minimum atomic E-state index is 0.597. The molecule has 72 valence electrons. The van der Waals surface area contributed by atoms with Gasteiger partial charge in [0.15, 0.2) is 0 Å². The van der Waals surface area contributed by atoms with Crippen molar-refractivity contribution in [2.75, 3.05) is 11.9 Å². The van der Waals surface area contributed by atoms with Gasteiger partial charge < -0.3 is 5.32 Å². The van der Waals surface area contributed by atoms with Gasteiger partial charge in [-0.1, -0.05) is 0 Å². The molecule has 1 aromatic heterocycles. The van der Waals surface area contributed by atoms with Gasteiger partial charge >= 0.3 is 0 Å². The van der Waals surface area contributed by atoms with E-state index < -0.39 is 0 Å². The van der Waals surface area contributed by atoms with Gasteiger partial charge in [0.1, 0.15) is 11.9 Å². The Hall–Kier alpha value is -1.08. The van der Waals surface area contributed by atoms with Gasteiger partial charge in [-0.2, -0.15) is 5.26 Å². The maximum absolute atomic E-state index is 8.87. The largest absolute Gasteiger partial charge is 0.369 e. The van der Waals surface area contributed by atoms with Gasteiger partial charge in [-0.15, -0.1) is 0 Å². The van der Waals surface area contributed by atoms with Gasteiger partial charge in [-0.05, 0) is 40.8 Å². The molecule has 14 heavy (non-hydrogen) atoms. The molecule has 1 saturated carbocycles. The highest BCUT2D eigenvalue weighted by Crippen LogP contribution is 2.29. The number of hydrogen-bond donors (Lipinski definition) is 1. The molecule has 1 heterocycles. The zero-order valence-electron chi connectivity index (χ0n) is 7.63. The Bertz CT molecular complexity index is 379. The molecule has 0 unspecified atom stereocenters. The van der Waals surface area contributed by atoms with Gasteiger partial charge in [0.2, 0.25) is 0 Å². The third-order valence-corrected chi connectivity index (χ3v) is 2.66. The Morgan fingerprint density at radius 3 is 3.07 bits per heavy atom. The maximum Gasteiger partial charge on any atom is 0.143 e. The monoisotopic (exact) mass is 251 g/mol. The van der Waals surface area contributed by atoms with Gasteiger partial charge in [0, 0.05) is 17.2 Å². The minimum absolute atomic E-state index is 0.597. The van der Waals surface area contributed by atoms with Crippen molar-refractivity contribution in [3.63, 3.8) is 0 Å². The minimum Gasteiger partial charge on any atom is -0.369 e. The number of halogens is 1. The molecule has 1 aromatic rings. The summed E-state index contributed by atoms with van der Waals surface area (Å²) in [5.41, 5.74) is 0.597. The van der Waals surface area contributed by atoms with Crippen molar-refractivity contribution in [1.29, 1.82) is 5.26 Å². The fourth-order valence-corrected chi connectivity index (χ4v) is 1.56. The summed E-state index contributed by atoms with van der Waals surface area (Å²) in [6.07, 6.45) is 4.30. The number of rotatable bonds is 3. The zero-order valence-corrected chi connectivity index (χ0v) is 9.21. The molecule has 4 heteroatoms. The highest BCUT2D eigenvalue weighted by Gasteiger charge is 2.21. The Kier molecular flexibility index (Phi) is 2.69. The van der Waals surface area contributed by atoms with Crippen molar-refractivity contribution in [2.24, 2.45) is 5.92 Å². The van der Waals surface area contributed by atoms with E-state index in [0.717, 1.165) is 16.9 Å². The lowest BCUT2D eigenvalue weighted by molar-refractivity contribution is 0.882. The van der Waals surface area contributed by atoms with Gasteiger partial charge in [0.05, 0.1) is 5.56 Å². The summed E-state index contributed by atoms with van der Waals surface area (Å²) in [4.78, 5) is 4.17. The number of nitriles is 1. The summed E-state index contributed by atoms with van der Waals surface area (Å²) in [5.74, 6) is 1.48. The first-order chi connectivity index (χ1) is 6.79. The second-order valence-electron chi connectivity index (χ2n) is 3.49. The SMILES string of the molecule is N#Cc1cc(Br)cnc1NCC1CC1. The first-order valence-corrected chi connectivity index (χ1v) is 5.38. The van der Waals surface area contributed by atoms with Crippen LogP contribution in [0.5, 0.6) is 0 Å². The first kappa shape index (κ1) is 9.47. The number of pyridine rings is 1. The highest BCUT2D eigenvalue weighted by atomic mass is 79.9. The predicted octanol–water partition coefficient (Wildman–Crippen LogP) is 2.54. The molecule has 0 radical (unpaired) electrons. The van der Waals surface area contributed by atoms with Crippen molar-refractivity contribution in [1.82, 2.24) is 4.98 Å². The van der Waals surface area contributed by atoms with Crippen LogP contribution in [0.3, 0.4) is 0 Å². The fraction of sp³-hybridized carbons (Fsp3) is 0.400. The average molecular weight is 252 g/mol. The van der Waals surface area contributed by atoms with E-state index in [9.17, 15) is 0 Å². The Morgan fingerprint density at radius 2 is 2.43 bits per heavy atom. The standard InChI is InChI=1S/C10H10BrN3/c11-9-3-8(4-12)10(14-6-9)13-5-7-1-2-7/h3,6-7H,1-2,5H2,(H,13,14). The van der Waals surface area contributed by atoms with E-state index in [1.54, 1.807) is 12.3 Å². The Morgan fingerprint density at radius 1 is 1.64 bits per heavy atom. The summed E-state index contributed by atoms with van der Waals surface area (Å²) in [7, 11) is 0. The number of nitrogens with zero attached hydrogens (tertiary/aromatic N) is 2. The Balaban J connectivity index is 2.10. The van der Waals surface area contributed by atoms with E-state index in [1.807, 2.05) is 0 Å². The van der Waals surface area contributed by atoms with Crippen LogP contribution in [0.25, 0.3) is 0 Å². The molecule has 0 spiro atoms. The predicted molar refractivity (Wildman–Crippen MR) is 57.9 cm³/mol. The van der Waals surface area contributed by atoms with E-state index in [4.69, 9.17) is 5.26 Å². The van der Waals surface area contributed by atoms with E-state index >= 15 is 0 Å². The molecule has 0 bridgehead atoms. The molecular weight excluding hydrogens is 242 g/mol. The van der Waals surface area contributed by atoms with Crippen molar-refractivity contribution in [2.45, 2.75) is 12.8 Å². The van der Waals surface area contributed by atoms with Crippen molar-refractivity contribution < 1.29 is 0 Å². The van der Waals surface area contributed by atoms with E-state index in [0.29, 0.717) is 11.4 Å². The maximum atomic E-state index is 8.87. The van der Waals surface area contributed by atoms with Gasteiger partial charge in [0.25, 0.3) is 0 Å². The lowest BCUT2D eigenvalue weighted by Crippen LogP contribution is -2.06. The lowest BCUT2D eigenvalue weighted by atomic mass is 10.3. The van der Waals surface area contributed by atoms with Crippen LogP contribution in [0.4, 0.5) is 5.82 Å². The summed E-state index contributed by atoms with van der Waals surface area (Å²) >= 11 is 3.29. The molecule has 0 saturated heterocycles. The van der Waals surface area contributed by atoms with Crippen LogP contribution in [0.15, 0.2) is 16.7 Å². The summed E-state index contributed by atoms with van der Waals surface area (Å²) in [5, 5.41) is 12.1. The fourth-order valence-electron chi connectivity index (χ4n) is 1.23. The molecule has 1 aliphatic carbocycles. The quantitative estimate of drug-likeness (QED) is 0.899. The molecule has 3 nitrogen and oxygen atoms in total. The van der Waals surface area contributed by atoms with Crippen molar-refractivity contribution in [3.05, 3.63) is 22.3 Å². The molecule has 1 fully saturated rings. The van der Waals surface area contributed by atoms with Gasteiger partial charge in [-0.3, -0.25) is 0 Å². The van der Waals surface area contributed by atoms with Crippen LogP contribution in [0.1, 0.15) is 18.4 Å². The summed E-state index contributed by atoms with van der Waals surface area (Å²) in [6.45, 7) is 0.934. The van der Waals surface area contributed by atoms with Crippen LogP contribution >= 0.6 is 15.9 Å². The molecule has 0 amide bonds. The molecule has 0 atom stereocenters. The van der Waals surface area contributed by atoms with E-state index in [1.165, 1.54) is 12.8 Å². The molecule has 1 N–H and O–H groups in total. The van der Waals surface area contributed by atoms with Crippen LogP contribution < -0.4 is 5.32 Å². The van der Waals surface area contributed by atoms with Crippen LogP contribution in [-0.4, -0.2) is 11.5 Å². The zero-order chi connectivity index (χ0) is 9.97. The van der Waals surface area contributed by atoms with Crippen molar-refractivity contribution in [3.8, 4) is 6.07 Å². The summed E-state index contributed by atoms with van der Waals surface area (Å²) < 4.78 is 0.839. The van der Waals surface area contributed by atoms with Crippen LogP contribution in [0.2, 0.25) is 0 Å². The molecule has 0 aromatic carbocycles. The highest BCUT2D eigenvalue weighted by molar-refractivity contribution is 9.10. The molecule has 2 rings (SSSR count). The topological polar surface area (TPSA) is 48.7 Å². The van der Waals surface area contributed by atoms with Crippen LogP contribution in [0, 0.1) is 17.2 Å². The third kappa shape index (κ3) is 2.24. The van der Waals surface area contributed by atoms with E-state index in [-0.39, 0.29) is 0 Å². The number of hydrogen-bond acceptors (Lipinski definition) is 3. The second kappa shape index (κ2) is 3.97.